The Hall–Kier alpha value is -1.68. The summed E-state index contributed by atoms with van der Waals surface area (Å²) in [4.78, 5) is 0. The summed E-state index contributed by atoms with van der Waals surface area (Å²) >= 11 is 0. The van der Waals surface area contributed by atoms with Gasteiger partial charge in [0.2, 0.25) is 0 Å². The first-order chi connectivity index (χ1) is 9.15. The van der Waals surface area contributed by atoms with Crippen LogP contribution in [0.15, 0.2) is 22.7 Å². The van der Waals surface area contributed by atoms with Crippen LogP contribution < -0.4 is 5.32 Å². The van der Waals surface area contributed by atoms with Gasteiger partial charge in [0.05, 0.1) is 5.69 Å². The summed E-state index contributed by atoms with van der Waals surface area (Å²) in [5.74, 6) is 0.715. The monoisotopic (exact) mass is 260 g/mol. The predicted molar refractivity (Wildman–Crippen MR) is 70.3 cm³/mol. The summed E-state index contributed by atoms with van der Waals surface area (Å²) in [5, 5.41) is 7.47. The molecular formula is C15H17FN2O. The molecular weight excluding hydrogens is 243 g/mol. The Morgan fingerprint density at radius 3 is 3.00 bits per heavy atom. The van der Waals surface area contributed by atoms with Gasteiger partial charge < -0.3 is 9.84 Å². The lowest BCUT2D eigenvalue weighted by Gasteiger charge is -2.13. The fraction of sp³-hybridized carbons (Fsp3) is 0.400. The lowest BCUT2D eigenvalue weighted by atomic mass is 10.1. The van der Waals surface area contributed by atoms with E-state index >= 15 is 0 Å². The van der Waals surface area contributed by atoms with Crippen LogP contribution in [-0.2, 0) is 13.0 Å². The second kappa shape index (κ2) is 4.78. The van der Waals surface area contributed by atoms with E-state index in [0.29, 0.717) is 6.04 Å². The normalized spacial score (nSPS) is 17.7. The smallest absolute Gasteiger partial charge is 0.138 e. The molecule has 0 saturated carbocycles. The third-order valence-corrected chi connectivity index (χ3v) is 3.89. The lowest BCUT2D eigenvalue weighted by Crippen LogP contribution is -2.19. The van der Waals surface area contributed by atoms with Gasteiger partial charge in [-0.3, -0.25) is 0 Å². The minimum absolute atomic E-state index is 0.148. The average molecular weight is 260 g/mol. The zero-order chi connectivity index (χ0) is 13.4. The van der Waals surface area contributed by atoms with Gasteiger partial charge in [-0.2, -0.15) is 0 Å². The highest BCUT2D eigenvalue weighted by molar-refractivity contribution is 5.35. The molecule has 0 bridgehead atoms. The highest BCUT2D eigenvalue weighted by atomic mass is 19.1. The van der Waals surface area contributed by atoms with Crippen molar-refractivity contribution in [1.82, 2.24) is 10.5 Å². The molecule has 0 aliphatic heterocycles. The molecule has 1 aromatic heterocycles. The molecule has 1 aromatic carbocycles. The summed E-state index contributed by atoms with van der Waals surface area (Å²) in [6.45, 7) is 4.61. The number of fused-ring (bicyclic) bond motifs is 1. The molecule has 4 heteroatoms. The summed E-state index contributed by atoms with van der Waals surface area (Å²) in [6.07, 6.45) is 1.95. The van der Waals surface area contributed by atoms with E-state index in [4.69, 9.17) is 4.52 Å². The van der Waals surface area contributed by atoms with Gasteiger partial charge in [-0.1, -0.05) is 11.2 Å². The van der Waals surface area contributed by atoms with Gasteiger partial charge in [-0.15, -0.1) is 0 Å². The Kier molecular flexibility index (Phi) is 3.11. The van der Waals surface area contributed by atoms with Crippen molar-refractivity contribution in [2.24, 2.45) is 0 Å². The second-order valence-electron chi connectivity index (χ2n) is 5.12. The third-order valence-electron chi connectivity index (χ3n) is 3.89. The van der Waals surface area contributed by atoms with E-state index in [1.165, 1.54) is 11.6 Å². The lowest BCUT2D eigenvalue weighted by molar-refractivity contribution is 0.391. The Bertz CT molecular complexity index is 587. The van der Waals surface area contributed by atoms with Gasteiger partial charge in [0.15, 0.2) is 0 Å². The van der Waals surface area contributed by atoms with Crippen LogP contribution in [0.5, 0.6) is 0 Å². The molecule has 1 N–H and O–H groups in total. The molecule has 100 valence electrons. The summed E-state index contributed by atoms with van der Waals surface area (Å²) in [7, 11) is 0. The standard InChI is InChI=1S/C15H17FN2O/c1-9-14(10(2)19-18-9)8-17-15-6-3-11-7-12(16)4-5-13(11)15/h4-5,7,15,17H,3,6,8H2,1-2H3. The van der Waals surface area contributed by atoms with Gasteiger partial charge in [-0.25, -0.2) is 4.39 Å². The average Bonchev–Trinajstić information content (AvgIpc) is 2.92. The van der Waals surface area contributed by atoms with Gasteiger partial charge >= 0.3 is 0 Å². The van der Waals surface area contributed by atoms with Gasteiger partial charge in [-0.05, 0) is 49.9 Å². The van der Waals surface area contributed by atoms with Crippen molar-refractivity contribution in [3.8, 4) is 0 Å². The molecule has 0 radical (unpaired) electrons. The molecule has 2 aromatic rings. The molecule has 1 aliphatic carbocycles. The fourth-order valence-electron chi connectivity index (χ4n) is 2.78. The first-order valence-corrected chi connectivity index (χ1v) is 6.58. The molecule has 1 unspecified atom stereocenters. The molecule has 1 atom stereocenters. The van der Waals surface area contributed by atoms with Crippen LogP contribution >= 0.6 is 0 Å². The molecule has 3 rings (SSSR count). The zero-order valence-corrected chi connectivity index (χ0v) is 11.2. The number of benzene rings is 1. The van der Waals surface area contributed by atoms with Crippen LogP contribution in [-0.4, -0.2) is 5.16 Å². The highest BCUT2D eigenvalue weighted by Gasteiger charge is 2.23. The van der Waals surface area contributed by atoms with Gasteiger partial charge in [0.25, 0.3) is 0 Å². The van der Waals surface area contributed by atoms with E-state index in [0.717, 1.165) is 42.0 Å². The third kappa shape index (κ3) is 2.28. The van der Waals surface area contributed by atoms with Crippen molar-refractivity contribution in [1.29, 1.82) is 0 Å². The van der Waals surface area contributed by atoms with E-state index in [9.17, 15) is 4.39 Å². The minimum Gasteiger partial charge on any atom is -0.361 e. The van der Waals surface area contributed by atoms with Crippen LogP contribution in [0.4, 0.5) is 4.39 Å². The van der Waals surface area contributed by atoms with Crippen LogP contribution in [0.2, 0.25) is 0 Å². The number of nitrogens with zero attached hydrogens (tertiary/aromatic N) is 1. The van der Waals surface area contributed by atoms with Crippen LogP contribution in [0, 0.1) is 19.7 Å². The number of aromatic nitrogens is 1. The van der Waals surface area contributed by atoms with Crippen molar-refractivity contribution in [2.45, 2.75) is 39.3 Å². The van der Waals surface area contributed by atoms with Crippen molar-refractivity contribution < 1.29 is 8.91 Å². The fourth-order valence-corrected chi connectivity index (χ4v) is 2.78. The van der Waals surface area contributed by atoms with Crippen LogP contribution in [0.1, 0.15) is 40.6 Å². The molecule has 3 nitrogen and oxygen atoms in total. The number of halogens is 1. The topological polar surface area (TPSA) is 38.1 Å². The first kappa shape index (κ1) is 12.4. The molecule has 1 heterocycles. The predicted octanol–water partition coefficient (Wildman–Crippen LogP) is 3.21. The molecule has 0 spiro atoms. The van der Waals surface area contributed by atoms with Crippen molar-refractivity contribution in [2.75, 3.05) is 0 Å². The Morgan fingerprint density at radius 1 is 1.42 bits per heavy atom. The Balaban J connectivity index is 1.73. The van der Waals surface area contributed by atoms with E-state index in [1.54, 1.807) is 6.07 Å². The number of nitrogens with one attached hydrogen (secondary N) is 1. The maximum atomic E-state index is 13.2. The van der Waals surface area contributed by atoms with E-state index in [1.807, 2.05) is 19.9 Å². The number of rotatable bonds is 3. The van der Waals surface area contributed by atoms with Gasteiger partial charge in [0, 0.05) is 18.2 Å². The highest BCUT2D eigenvalue weighted by Crippen LogP contribution is 2.31. The number of hydrogen-bond donors (Lipinski definition) is 1. The van der Waals surface area contributed by atoms with Crippen LogP contribution in [0.25, 0.3) is 0 Å². The van der Waals surface area contributed by atoms with E-state index in [-0.39, 0.29) is 5.82 Å². The van der Waals surface area contributed by atoms with Crippen LogP contribution in [0.3, 0.4) is 0 Å². The zero-order valence-electron chi connectivity index (χ0n) is 11.2. The molecule has 1 aliphatic rings. The van der Waals surface area contributed by atoms with Gasteiger partial charge in [0.1, 0.15) is 11.6 Å². The summed E-state index contributed by atoms with van der Waals surface area (Å²) in [5.41, 5.74) is 4.39. The molecule has 0 amide bonds. The first-order valence-electron chi connectivity index (χ1n) is 6.58. The van der Waals surface area contributed by atoms with Crippen molar-refractivity contribution in [3.05, 3.63) is 52.2 Å². The van der Waals surface area contributed by atoms with Crippen molar-refractivity contribution >= 4 is 0 Å². The second-order valence-corrected chi connectivity index (χ2v) is 5.12. The summed E-state index contributed by atoms with van der Waals surface area (Å²) in [6, 6.07) is 5.37. The quantitative estimate of drug-likeness (QED) is 0.921. The van der Waals surface area contributed by atoms with E-state index in [2.05, 4.69) is 10.5 Å². The molecule has 0 fully saturated rings. The Labute approximate surface area is 111 Å². The number of aryl methyl sites for hydroxylation is 3. The van der Waals surface area contributed by atoms with Crippen molar-refractivity contribution in [3.63, 3.8) is 0 Å². The Morgan fingerprint density at radius 2 is 2.26 bits per heavy atom. The maximum absolute atomic E-state index is 13.2. The SMILES string of the molecule is Cc1noc(C)c1CNC1CCc2cc(F)ccc21. The number of hydrogen-bond acceptors (Lipinski definition) is 3. The molecule has 19 heavy (non-hydrogen) atoms. The molecule has 0 saturated heterocycles. The minimum atomic E-state index is -0.148. The maximum Gasteiger partial charge on any atom is 0.138 e. The largest absolute Gasteiger partial charge is 0.361 e. The summed E-state index contributed by atoms with van der Waals surface area (Å²) < 4.78 is 18.3. The van der Waals surface area contributed by atoms with E-state index < -0.39 is 0 Å².